The maximum Gasteiger partial charge on any atom is 0.573 e. The normalized spacial score (nSPS) is 33.0. The summed E-state index contributed by atoms with van der Waals surface area (Å²) in [5, 5.41) is 160. The molecule has 35 atom stereocenters. The van der Waals surface area contributed by atoms with Gasteiger partial charge in [0.2, 0.25) is 29.3 Å². The van der Waals surface area contributed by atoms with Gasteiger partial charge in [0.05, 0.1) is 119 Å². The molecule has 0 aliphatic carbocycles. The highest BCUT2D eigenvalue weighted by molar-refractivity contribution is 6.30. The predicted molar refractivity (Wildman–Crippen MR) is 460 cm³/mol. The first kappa shape index (κ1) is 117. The number of amides is 7. The van der Waals surface area contributed by atoms with E-state index in [0.29, 0.717) is 29.1 Å². The summed E-state index contributed by atoms with van der Waals surface area (Å²) >= 11 is 5.76. The second-order valence-corrected chi connectivity index (χ2v) is 34.4. The lowest BCUT2D eigenvalue weighted by Gasteiger charge is -2.46. The predicted octanol–water partition coefficient (Wildman–Crippen LogP) is 5.14. The third-order valence-corrected chi connectivity index (χ3v) is 23.8. The Kier molecular flexibility index (Phi) is 43.0. The molecule has 5 aliphatic rings. The fourth-order valence-electron chi connectivity index (χ4n) is 15.5. The van der Waals surface area contributed by atoms with E-state index in [1.54, 1.807) is 54.6 Å². The molecule has 5 heterocycles. The molecule has 49 heteroatoms. The number of para-hydroxylation sites is 4. The van der Waals surface area contributed by atoms with Gasteiger partial charge in [0.15, 0.2) is 36.6 Å². The van der Waals surface area contributed by atoms with Crippen molar-refractivity contribution >= 4 is 52.8 Å². The number of rotatable bonds is 28. The van der Waals surface area contributed by atoms with Crippen molar-refractivity contribution in [1.82, 2.24) is 26.6 Å². The number of methoxy groups -OCH3 is 2. The van der Waals surface area contributed by atoms with Crippen LogP contribution >= 0.6 is 11.6 Å². The molecule has 0 spiro atoms. The quantitative estimate of drug-likeness (QED) is 0.0288. The highest BCUT2D eigenvalue weighted by Crippen LogP contribution is 2.45. The van der Waals surface area contributed by atoms with E-state index in [4.69, 9.17) is 70.3 Å². The average molecular weight is 2010 g/mol. The molecule has 0 bridgehead atoms. The Bertz CT molecular complexity index is 4610. The molecule has 5 aromatic carbocycles. The monoisotopic (exact) mass is 2000 g/mol. The van der Waals surface area contributed by atoms with Crippen LogP contribution in [-0.2, 0) is 23.7 Å². The average Bonchev–Trinajstić information content (AvgIpc) is 0.752. The molecule has 0 aromatic heterocycles. The molecular weight excluding hydrogens is 1890 g/mol. The zero-order chi connectivity index (χ0) is 103. The minimum Gasteiger partial charge on any atom is -0.497 e. The van der Waals surface area contributed by atoms with Gasteiger partial charge in [-0.15, -0.1) is 13.2 Å². The number of nitrogens with one attached hydrogen (secondary N) is 7. The van der Waals surface area contributed by atoms with Crippen LogP contribution in [-0.4, -0.2) is 342 Å². The fourth-order valence-corrected chi connectivity index (χ4v) is 15.6. The summed E-state index contributed by atoms with van der Waals surface area (Å²) in [6.45, 7) is 7.21. The number of aliphatic hydroxyl groups is 15. The van der Waals surface area contributed by atoms with Crippen molar-refractivity contribution in [1.29, 1.82) is 0 Å². The highest BCUT2D eigenvalue weighted by atomic mass is 35.5. The van der Waals surface area contributed by atoms with Crippen LogP contribution in [0.25, 0.3) is 0 Å². The van der Waals surface area contributed by atoms with Crippen molar-refractivity contribution < 1.29 is 196 Å². The Morgan fingerprint density at radius 3 is 0.847 bits per heavy atom. The summed E-state index contributed by atoms with van der Waals surface area (Å²) in [7, 11) is 2.89. The van der Waals surface area contributed by atoms with Crippen LogP contribution in [0.15, 0.2) is 127 Å². The molecule has 5 aromatic rings. The summed E-state index contributed by atoms with van der Waals surface area (Å²) in [6, 6.07) is 22.2. The van der Waals surface area contributed by atoms with E-state index in [-0.39, 0.29) is 22.4 Å². The Morgan fingerprint density at radius 1 is 0.358 bits per heavy atom. The van der Waals surface area contributed by atoms with Crippen LogP contribution in [0.1, 0.15) is 100 Å². The maximum atomic E-state index is 14.7. The van der Waals surface area contributed by atoms with Gasteiger partial charge >= 0.3 is 18.4 Å². The zero-order valence-corrected chi connectivity index (χ0v) is 76.5. The van der Waals surface area contributed by atoms with Gasteiger partial charge in [-0.3, -0.25) is 14.4 Å². The van der Waals surface area contributed by atoms with Crippen molar-refractivity contribution in [3.05, 3.63) is 149 Å². The number of ether oxygens (including phenoxy) is 8. The highest BCUT2D eigenvalue weighted by Gasteiger charge is 2.61. The molecule has 5 saturated heterocycles. The van der Waals surface area contributed by atoms with Crippen LogP contribution in [0.3, 0.4) is 0 Å². The van der Waals surface area contributed by atoms with Gasteiger partial charge in [0, 0.05) is 51.3 Å². The van der Waals surface area contributed by atoms with E-state index in [1.807, 2.05) is 0 Å². The van der Waals surface area contributed by atoms with Crippen molar-refractivity contribution in [2.75, 3.05) is 57.9 Å². The molecule has 10 unspecified atom stereocenters. The Labute approximate surface area is 783 Å². The maximum absolute atomic E-state index is 14.7. The number of urea groups is 2. The number of hydrogen-bond acceptors (Lipinski definition) is 28. The van der Waals surface area contributed by atoms with Crippen LogP contribution in [0.5, 0.6) is 17.2 Å². The van der Waals surface area contributed by atoms with E-state index in [9.17, 15) is 132 Å². The first-order chi connectivity index (χ1) is 63.8. The second-order valence-electron chi connectivity index (χ2n) is 33.9. The number of anilines is 2. The zero-order valence-electron chi connectivity index (χ0n) is 75.8. The van der Waals surface area contributed by atoms with Gasteiger partial charge in [-0.25, -0.2) is 53.5 Å². The summed E-state index contributed by atoms with van der Waals surface area (Å²) < 4.78 is 222. The van der Waals surface area contributed by atoms with E-state index < -0.39 is 286 Å². The molecule has 22 N–H and O–H groups in total. The molecule has 0 saturated carbocycles. The number of carbonyl (C=O) groups excluding carboxylic acids is 5. The van der Waals surface area contributed by atoms with Gasteiger partial charge in [-0.05, 0) is 120 Å². The van der Waals surface area contributed by atoms with Crippen molar-refractivity contribution in [2.24, 2.45) is 29.6 Å². The second kappa shape index (κ2) is 50.4. The standard InChI is InChI=1S/C18H23F5N2O6.C18H26F2N2O6.C18H25F2NO6.C17H22ClF2NO5.C17H23F2NO5/c1-8-12(15(19)17(2,20)31-14(8)13(28)10(27)7-26)25-16(29)24-9-5-3-4-6-11(9)30-18(21,22)23;1-9-13(22-17(26)21-10-6-4-5-7-12(10)27-3)16(19)18(2,20)28-15(9)14(25)11(24)8-23;1-9-13(21-17(25)10-4-6-11(26-3)7-5-10)16(19)18(2,20)27-15(9)14(24)12(23)8-22;1-8-12(21-16(25)9-3-5-10(18)6-4-9)15(19)17(2,20)26-14(8)13(24)11(23)7-22;1-9-12(20-16(24)10-6-4-3-5-7-10)15(18)17(2,19)25-14(9)13(23)11(22)8-21/h3-6,8,10,12-15,26-28H,7H2,1-2H3,(H2,24,25,29);4-7,9,11,13-16,23-25H,8H2,1-3H3,(H2,21,22,26);4-7,9,12-16,22-24H,8H2,1-3H3,(H,21,25);3-6,8,11-15,22-24H,7H2,1-2H3,(H,21,25);3-7,9,11-15,21-23H,8H2,1-2H3,(H,20,24)/t8-,10-,12-,13-,14-,15?,17?;9-,11-,13-,14-,15-,16?,18?;9-,12-,13-,14-,15-,16?,18?;8-,11-,12-,13-,14-,15?,17?;9-,11-,12-,13-,14-,15?,17?/m11111/s1. The molecule has 5 fully saturated rings. The van der Waals surface area contributed by atoms with Crippen molar-refractivity contribution in [3.63, 3.8) is 0 Å². The topological polar surface area (TPSA) is 547 Å². The number of carbonyl (C=O) groups is 5. The Balaban J connectivity index is 0.000000263. The summed E-state index contributed by atoms with van der Waals surface area (Å²) in [4.78, 5) is 61.8. The minimum absolute atomic E-state index is 0.202. The number of aliphatic hydroxyl groups excluding tert-OH is 15. The third kappa shape index (κ3) is 30.5. The van der Waals surface area contributed by atoms with Crippen LogP contribution in [0, 0.1) is 29.6 Å². The van der Waals surface area contributed by atoms with E-state index in [0.717, 1.165) is 39.8 Å². The molecule has 0 radical (unpaired) electrons. The smallest absolute Gasteiger partial charge is 0.497 e. The van der Waals surface area contributed by atoms with E-state index in [1.165, 1.54) is 110 Å². The summed E-state index contributed by atoms with van der Waals surface area (Å²) in [5.41, 5.74) is 0.639. The van der Waals surface area contributed by atoms with E-state index in [2.05, 4.69) is 42.0 Å². The SMILES string of the molecule is COc1ccc(C(=O)N[C@H]2C(F)C(C)(F)O[C@@H]([C@H](O)[C@H](O)CO)[C@@H]2C)cc1.COc1ccccc1NC(=O)N[C@H]1C(F)C(C)(F)O[C@@H]([C@H](O)[C@H](O)CO)[C@@H]1C.C[C@H]1[C@H]([C@H](O)[C@H](O)CO)OC(C)(F)C(F)[C@@H]1NC(=O)Nc1ccccc1OC(F)(F)F.C[C@H]1[C@H]([C@H](O)[C@H](O)CO)OC(C)(F)C(F)[C@@H]1NC(=O)c1ccc(Cl)cc1.C[C@H]1[C@H]([C@H](O)[C@H](O)CO)OC(C)(F)C(F)[C@@H]1NC(=O)c1ccccc1. The molecule has 10 rings (SSSR count). The number of alkyl halides is 13. The van der Waals surface area contributed by atoms with Gasteiger partial charge in [0.1, 0.15) is 72.5 Å². The number of benzene rings is 5. The van der Waals surface area contributed by atoms with Crippen molar-refractivity contribution in [2.45, 2.75) is 258 Å². The van der Waals surface area contributed by atoms with Crippen molar-refractivity contribution in [3.8, 4) is 17.2 Å². The van der Waals surface area contributed by atoms with Gasteiger partial charge in [0.25, 0.3) is 17.7 Å². The number of hydrogen-bond donors (Lipinski definition) is 22. The molecule has 772 valence electrons. The Morgan fingerprint density at radius 2 is 0.591 bits per heavy atom. The van der Waals surface area contributed by atoms with Crippen LogP contribution in [0.2, 0.25) is 5.02 Å². The molecular formula is C88H119ClF13N7O28. The largest absolute Gasteiger partial charge is 0.573 e. The van der Waals surface area contributed by atoms with Gasteiger partial charge in [-0.2, -0.15) is 0 Å². The van der Waals surface area contributed by atoms with Crippen LogP contribution < -0.4 is 51.4 Å². The molecule has 5 aliphatic heterocycles. The molecule has 7 amide bonds. The Hall–Kier alpha value is -8.97. The molecule has 35 nitrogen and oxygen atoms in total. The van der Waals surface area contributed by atoms with E-state index >= 15 is 0 Å². The minimum atomic E-state index is -5.03. The summed E-state index contributed by atoms with van der Waals surface area (Å²) in [5.74, 6) is -20.5. The van der Waals surface area contributed by atoms with Gasteiger partial charge < -0.3 is 152 Å². The number of halogens is 14. The van der Waals surface area contributed by atoms with Crippen LogP contribution in [0.4, 0.5) is 78.0 Å². The lowest BCUT2D eigenvalue weighted by molar-refractivity contribution is -0.280. The molecule has 137 heavy (non-hydrogen) atoms. The first-order valence-corrected chi connectivity index (χ1v) is 43.0. The summed E-state index contributed by atoms with van der Waals surface area (Å²) in [6.07, 6.45) is -39.7. The fraction of sp³-hybridized carbons (Fsp3) is 0.602. The first-order valence-electron chi connectivity index (χ1n) is 42.7. The lowest BCUT2D eigenvalue weighted by atomic mass is 9.82. The van der Waals surface area contributed by atoms with Gasteiger partial charge in [-0.1, -0.05) is 88.7 Å². The lowest BCUT2D eigenvalue weighted by Crippen LogP contribution is -2.65. The third-order valence-electron chi connectivity index (χ3n) is 23.6.